The van der Waals surface area contributed by atoms with E-state index in [-0.39, 0.29) is 11.9 Å². The molecular formula is C24H29N3O2. The molecule has 2 aromatic rings. The molecule has 5 nitrogen and oxygen atoms in total. The van der Waals surface area contributed by atoms with Gasteiger partial charge in [-0.1, -0.05) is 60.7 Å². The monoisotopic (exact) mass is 391 g/mol. The average Bonchev–Trinajstić information content (AvgIpc) is 2.95. The average molecular weight is 392 g/mol. The molecule has 2 fully saturated rings. The molecule has 2 aromatic carbocycles. The summed E-state index contributed by atoms with van der Waals surface area (Å²) < 4.78 is 0. The zero-order valence-electron chi connectivity index (χ0n) is 17.1. The second kappa shape index (κ2) is 8.37. The predicted molar refractivity (Wildman–Crippen MR) is 113 cm³/mol. The molecule has 152 valence electrons. The molecule has 5 heteroatoms. The third-order valence-corrected chi connectivity index (χ3v) is 6.34. The molecule has 1 spiro atoms. The van der Waals surface area contributed by atoms with Gasteiger partial charge < -0.3 is 4.90 Å². The lowest BCUT2D eigenvalue weighted by Crippen LogP contribution is -2.56. The van der Waals surface area contributed by atoms with Gasteiger partial charge in [-0.2, -0.15) is 0 Å². The van der Waals surface area contributed by atoms with E-state index in [2.05, 4.69) is 41.3 Å². The van der Waals surface area contributed by atoms with E-state index in [1.165, 1.54) is 16.0 Å². The van der Waals surface area contributed by atoms with Gasteiger partial charge in [-0.15, -0.1) is 0 Å². The van der Waals surface area contributed by atoms with Gasteiger partial charge in [-0.05, 0) is 37.3 Å². The van der Waals surface area contributed by atoms with Crippen LogP contribution in [0.25, 0.3) is 0 Å². The summed E-state index contributed by atoms with van der Waals surface area (Å²) in [5.74, 6) is -0.00239. The quantitative estimate of drug-likeness (QED) is 0.708. The van der Waals surface area contributed by atoms with Gasteiger partial charge in [0.2, 0.25) is 0 Å². The van der Waals surface area contributed by atoms with Gasteiger partial charge in [-0.3, -0.25) is 14.6 Å². The molecular weight excluding hydrogens is 362 g/mol. The van der Waals surface area contributed by atoms with Crippen molar-refractivity contribution < 1.29 is 9.59 Å². The van der Waals surface area contributed by atoms with Crippen molar-refractivity contribution in [1.29, 1.82) is 0 Å². The van der Waals surface area contributed by atoms with Crippen LogP contribution in [0, 0.1) is 0 Å². The van der Waals surface area contributed by atoms with Crippen LogP contribution in [0.2, 0.25) is 0 Å². The van der Waals surface area contributed by atoms with E-state index in [9.17, 15) is 9.59 Å². The van der Waals surface area contributed by atoms with E-state index < -0.39 is 5.54 Å². The molecule has 0 bridgehead atoms. The third kappa shape index (κ3) is 3.79. The van der Waals surface area contributed by atoms with Crippen molar-refractivity contribution in [2.45, 2.75) is 38.3 Å². The summed E-state index contributed by atoms with van der Waals surface area (Å²) in [5.41, 5.74) is 1.81. The summed E-state index contributed by atoms with van der Waals surface area (Å²) in [6, 6.07) is 20.5. The van der Waals surface area contributed by atoms with E-state index >= 15 is 0 Å². The topological polar surface area (TPSA) is 43.9 Å². The predicted octanol–water partition coefficient (Wildman–Crippen LogP) is 3.55. The highest BCUT2D eigenvalue weighted by Crippen LogP contribution is 2.37. The Morgan fingerprint density at radius 2 is 1.45 bits per heavy atom. The Bertz CT molecular complexity index is 845. The van der Waals surface area contributed by atoms with Crippen LogP contribution < -0.4 is 0 Å². The molecule has 0 saturated carbocycles. The Hall–Kier alpha value is -2.66. The van der Waals surface area contributed by atoms with Gasteiger partial charge in [0.1, 0.15) is 5.54 Å². The molecule has 2 aliphatic rings. The number of nitrogens with zero attached hydrogens (tertiary/aromatic N) is 3. The van der Waals surface area contributed by atoms with Crippen molar-refractivity contribution in [2.24, 2.45) is 0 Å². The molecule has 0 aliphatic carbocycles. The van der Waals surface area contributed by atoms with Crippen LogP contribution in [0.4, 0.5) is 4.79 Å². The molecule has 29 heavy (non-hydrogen) atoms. The summed E-state index contributed by atoms with van der Waals surface area (Å²) >= 11 is 0. The molecule has 0 unspecified atom stereocenters. The molecule has 2 heterocycles. The van der Waals surface area contributed by atoms with Gasteiger partial charge in [0, 0.05) is 32.7 Å². The number of urea groups is 1. The van der Waals surface area contributed by atoms with E-state index in [0.717, 1.165) is 26.1 Å². The van der Waals surface area contributed by atoms with E-state index in [1.807, 2.05) is 36.1 Å². The van der Waals surface area contributed by atoms with Crippen LogP contribution in [-0.2, 0) is 17.8 Å². The highest BCUT2D eigenvalue weighted by atomic mass is 16.2. The summed E-state index contributed by atoms with van der Waals surface area (Å²) in [4.78, 5) is 32.0. The number of hydrogen-bond donors (Lipinski definition) is 0. The van der Waals surface area contributed by atoms with Crippen LogP contribution >= 0.6 is 0 Å². The maximum absolute atomic E-state index is 13.3. The van der Waals surface area contributed by atoms with Crippen molar-refractivity contribution in [3.8, 4) is 0 Å². The maximum Gasteiger partial charge on any atom is 0.327 e. The molecule has 3 amide bonds. The molecule has 0 N–H and O–H groups in total. The Kier molecular flexibility index (Phi) is 5.67. The van der Waals surface area contributed by atoms with E-state index in [0.29, 0.717) is 25.9 Å². The Morgan fingerprint density at radius 3 is 2.03 bits per heavy atom. The number of likely N-dealkylation sites (N-methyl/N-ethyl adjacent to an activating group) is 1. The fraction of sp³-hybridized carbons (Fsp3) is 0.417. The first-order chi connectivity index (χ1) is 14.1. The van der Waals surface area contributed by atoms with Gasteiger partial charge >= 0.3 is 6.03 Å². The number of benzene rings is 2. The van der Waals surface area contributed by atoms with Gasteiger partial charge in [-0.25, -0.2) is 4.79 Å². The zero-order valence-corrected chi connectivity index (χ0v) is 17.1. The first-order valence-electron chi connectivity index (χ1n) is 10.6. The van der Waals surface area contributed by atoms with E-state index in [4.69, 9.17) is 0 Å². The Balaban J connectivity index is 1.48. The largest absolute Gasteiger partial charge is 0.327 e. The Morgan fingerprint density at radius 1 is 0.862 bits per heavy atom. The molecule has 4 rings (SSSR count). The number of amides is 3. The molecule has 0 radical (unpaired) electrons. The van der Waals surface area contributed by atoms with Crippen molar-refractivity contribution in [3.63, 3.8) is 0 Å². The van der Waals surface area contributed by atoms with Crippen molar-refractivity contribution in [3.05, 3.63) is 71.8 Å². The molecule has 2 aliphatic heterocycles. The minimum atomic E-state index is -0.672. The maximum atomic E-state index is 13.3. The van der Waals surface area contributed by atoms with Crippen molar-refractivity contribution in [2.75, 3.05) is 26.2 Å². The second-order valence-corrected chi connectivity index (χ2v) is 8.01. The minimum absolute atomic E-state index is 0.00239. The number of imide groups is 1. The van der Waals surface area contributed by atoms with Gasteiger partial charge in [0.15, 0.2) is 0 Å². The fourth-order valence-electron chi connectivity index (χ4n) is 4.66. The first-order valence-corrected chi connectivity index (χ1v) is 10.6. The number of piperidine rings is 1. The number of carbonyl (C=O) groups is 2. The van der Waals surface area contributed by atoms with E-state index in [1.54, 1.807) is 0 Å². The second-order valence-electron chi connectivity index (χ2n) is 8.01. The summed E-state index contributed by atoms with van der Waals surface area (Å²) in [7, 11) is 0. The van der Waals surface area contributed by atoms with Crippen LogP contribution in [-0.4, -0.2) is 58.4 Å². The molecule has 0 atom stereocenters. The number of likely N-dealkylation sites (tertiary alicyclic amines) is 1. The van der Waals surface area contributed by atoms with Crippen LogP contribution in [0.5, 0.6) is 0 Å². The number of rotatable bonds is 6. The summed E-state index contributed by atoms with van der Waals surface area (Å²) in [5, 5.41) is 0. The lowest BCUT2D eigenvalue weighted by atomic mass is 9.85. The van der Waals surface area contributed by atoms with Crippen LogP contribution in [0.1, 0.15) is 30.9 Å². The lowest BCUT2D eigenvalue weighted by Gasteiger charge is -2.42. The lowest BCUT2D eigenvalue weighted by molar-refractivity contribution is -0.135. The van der Waals surface area contributed by atoms with Crippen LogP contribution in [0.15, 0.2) is 60.7 Å². The minimum Gasteiger partial charge on any atom is -0.309 e. The highest BCUT2D eigenvalue weighted by Gasteiger charge is 2.57. The third-order valence-electron chi connectivity index (χ3n) is 6.34. The number of hydrogen-bond acceptors (Lipinski definition) is 3. The zero-order chi connectivity index (χ0) is 20.3. The molecule has 0 aromatic heterocycles. The standard InChI is InChI=1S/C24H29N3O2/c1-2-26-22(28)24(27(23(26)29)16-13-20-9-5-3-6-10-20)14-17-25(18-15-24)19-21-11-7-4-8-12-21/h3-12H,2,13-19H2,1H3. The summed E-state index contributed by atoms with van der Waals surface area (Å²) in [6.45, 7) is 5.45. The SMILES string of the molecule is CCN1C(=O)N(CCc2ccccc2)C2(CCN(Cc3ccccc3)CC2)C1=O. The Labute approximate surface area is 172 Å². The van der Waals surface area contributed by atoms with Gasteiger partial charge in [0.05, 0.1) is 0 Å². The normalized spacial score (nSPS) is 19.3. The number of carbonyl (C=O) groups excluding carboxylic acids is 2. The smallest absolute Gasteiger partial charge is 0.309 e. The molecule has 2 saturated heterocycles. The fourth-order valence-corrected chi connectivity index (χ4v) is 4.66. The van der Waals surface area contributed by atoms with Crippen molar-refractivity contribution >= 4 is 11.9 Å². The van der Waals surface area contributed by atoms with Crippen molar-refractivity contribution in [1.82, 2.24) is 14.7 Å². The highest BCUT2D eigenvalue weighted by molar-refractivity contribution is 6.07. The van der Waals surface area contributed by atoms with Crippen LogP contribution in [0.3, 0.4) is 0 Å². The van der Waals surface area contributed by atoms with Gasteiger partial charge in [0.25, 0.3) is 5.91 Å². The first kappa shape index (κ1) is 19.6. The summed E-state index contributed by atoms with van der Waals surface area (Å²) in [6.07, 6.45) is 2.18.